The zero-order valence-electron chi connectivity index (χ0n) is 14.6. The lowest BCUT2D eigenvalue weighted by Crippen LogP contribution is -2.41. The molecule has 2 fully saturated rings. The molecular formula is C21H32N2O. The predicted octanol–water partition coefficient (Wildman–Crippen LogP) is 4.60. The van der Waals surface area contributed by atoms with E-state index < -0.39 is 0 Å². The van der Waals surface area contributed by atoms with Crippen LogP contribution in [0, 0.1) is 5.92 Å². The molecule has 2 aliphatic heterocycles. The second-order valence-corrected chi connectivity index (χ2v) is 7.93. The van der Waals surface area contributed by atoms with Crippen LogP contribution in [0.1, 0.15) is 53.0 Å². The molecule has 3 heteroatoms. The molecule has 3 rings (SSSR count). The maximum Gasteiger partial charge on any atom is 0.248 e. The van der Waals surface area contributed by atoms with Crippen LogP contribution in [0.3, 0.4) is 0 Å². The molecule has 1 aromatic rings. The van der Waals surface area contributed by atoms with Gasteiger partial charge in [-0.1, -0.05) is 45.9 Å². The highest BCUT2D eigenvalue weighted by molar-refractivity contribution is 5.99. The Balaban J connectivity index is 0.00000208. The van der Waals surface area contributed by atoms with Crippen molar-refractivity contribution in [3.05, 3.63) is 41.5 Å². The third-order valence-electron chi connectivity index (χ3n) is 5.08. The monoisotopic (exact) mass is 328 g/mol. The Kier molecular flexibility index (Phi) is 5.87. The molecule has 132 valence electrons. The minimum atomic E-state index is 0. The van der Waals surface area contributed by atoms with Crippen molar-refractivity contribution in [3.63, 3.8) is 0 Å². The van der Waals surface area contributed by atoms with Gasteiger partial charge in [-0.15, -0.1) is 0 Å². The lowest BCUT2D eigenvalue weighted by molar-refractivity contribution is -0.112. The smallest absolute Gasteiger partial charge is 0.248 e. The summed E-state index contributed by atoms with van der Waals surface area (Å²) in [5.74, 6) is 0.606. The number of amides is 1. The summed E-state index contributed by atoms with van der Waals surface area (Å²) in [7, 11) is 0. The van der Waals surface area contributed by atoms with E-state index >= 15 is 0 Å². The molecule has 0 aliphatic carbocycles. The Bertz CT molecular complexity index is 595. The quantitative estimate of drug-likeness (QED) is 0.805. The zero-order valence-corrected chi connectivity index (χ0v) is 14.6. The van der Waals surface area contributed by atoms with Crippen LogP contribution in [0.2, 0.25) is 0 Å². The van der Waals surface area contributed by atoms with Crippen LogP contribution in [0.4, 0.5) is 5.69 Å². The van der Waals surface area contributed by atoms with Crippen molar-refractivity contribution < 1.29 is 4.79 Å². The number of hydrogen-bond donors (Lipinski definition) is 1. The maximum atomic E-state index is 12.3. The first-order valence-corrected chi connectivity index (χ1v) is 8.76. The fourth-order valence-electron chi connectivity index (χ4n) is 3.64. The normalized spacial score (nSPS) is 25.0. The number of fused-ring (bicyclic) bond motifs is 2. The van der Waals surface area contributed by atoms with Gasteiger partial charge in [-0.05, 0) is 54.8 Å². The Morgan fingerprint density at radius 1 is 1.21 bits per heavy atom. The van der Waals surface area contributed by atoms with Crippen molar-refractivity contribution in [1.29, 1.82) is 0 Å². The Hall–Kier alpha value is -1.61. The van der Waals surface area contributed by atoms with E-state index in [0.717, 1.165) is 25.2 Å². The van der Waals surface area contributed by atoms with Crippen LogP contribution < -0.4 is 5.32 Å². The summed E-state index contributed by atoms with van der Waals surface area (Å²) < 4.78 is 0. The first kappa shape index (κ1) is 18.7. The summed E-state index contributed by atoms with van der Waals surface area (Å²) in [6.07, 6.45) is 5.39. The van der Waals surface area contributed by atoms with Gasteiger partial charge in [0.25, 0.3) is 0 Å². The SMILES string of the molecule is C.CC(C)(C)c1ccc(NC(=O)C=C2CCN3CCCC2C3)cc1. The molecule has 2 bridgehead atoms. The first-order valence-electron chi connectivity index (χ1n) is 8.76. The fourth-order valence-corrected chi connectivity index (χ4v) is 3.64. The molecule has 1 amide bonds. The Morgan fingerprint density at radius 3 is 2.58 bits per heavy atom. The van der Waals surface area contributed by atoms with Gasteiger partial charge in [0.15, 0.2) is 0 Å². The average molecular weight is 329 g/mol. The van der Waals surface area contributed by atoms with Crippen LogP contribution in [0.15, 0.2) is 35.9 Å². The summed E-state index contributed by atoms with van der Waals surface area (Å²) in [6, 6.07) is 8.20. The van der Waals surface area contributed by atoms with Crippen molar-refractivity contribution in [3.8, 4) is 0 Å². The summed E-state index contributed by atoms with van der Waals surface area (Å²) in [5.41, 5.74) is 3.63. The molecule has 2 heterocycles. The maximum absolute atomic E-state index is 12.3. The zero-order chi connectivity index (χ0) is 16.4. The van der Waals surface area contributed by atoms with Gasteiger partial charge in [-0.25, -0.2) is 0 Å². The van der Waals surface area contributed by atoms with E-state index in [1.165, 1.54) is 30.5 Å². The molecule has 2 atom stereocenters. The summed E-state index contributed by atoms with van der Waals surface area (Å²) in [5, 5.41) is 3.01. The number of carbonyl (C=O) groups is 1. The molecule has 0 aromatic heterocycles. The molecule has 2 unspecified atom stereocenters. The Labute approximate surface area is 147 Å². The molecule has 2 aliphatic rings. The number of nitrogens with one attached hydrogen (secondary N) is 1. The molecule has 0 radical (unpaired) electrons. The van der Waals surface area contributed by atoms with E-state index in [1.807, 2.05) is 18.2 Å². The third-order valence-corrected chi connectivity index (χ3v) is 5.08. The van der Waals surface area contributed by atoms with Gasteiger partial charge in [-0.3, -0.25) is 4.79 Å². The van der Waals surface area contributed by atoms with Gasteiger partial charge in [0, 0.05) is 24.9 Å². The third kappa shape index (κ3) is 4.47. The van der Waals surface area contributed by atoms with Crippen LogP contribution in [0.5, 0.6) is 0 Å². The molecular weight excluding hydrogens is 296 g/mol. The van der Waals surface area contributed by atoms with E-state index in [1.54, 1.807) is 0 Å². The topological polar surface area (TPSA) is 32.3 Å². The van der Waals surface area contributed by atoms with Crippen molar-refractivity contribution in [2.45, 2.75) is 52.9 Å². The van der Waals surface area contributed by atoms with Crippen LogP contribution >= 0.6 is 0 Å². The van der Waals surface area contributed by atoms with Gasteiger partial charge in [-0.2, -0.15) is 0 Å². The van der Waals surface area contributed by atoms with Gasteiger partial charge in [0.05, 0.1) is 0 Å². The number of hydrogen-bond acceptors (Lipinski definition) is 2. The molecule has 1 aromatic carbocycles. The van der Waals surface area contributed by atoms with E-state index in [0.29, 0.717) is 5.92 Å². The van der Waals surface area contributed by atoms with Gasteiger partial charge in [0.2, 0.25) is 5.91 Å². The number of rotatable bonds is 2. The van der Waals surface area contributed by atoms with Crippen LogP contribution in [-0.2, 0) is 10.2 Å². The van der Waals surface area contributed by atoms with Crippen LogP contribution in [-0.4, -0.2) is 30.4 Å². The van der Waals surface area contributed by atoms with Gasteiger partial charge >= 0.3 is 0 Å². The highest BCUT2D eigenvalue weighted by Crippen LogP contribution is 2.30. The largest absolute Gasteiger partial charge is 0.323 e. The van der Waals surface area contributed by atoms with Gasteiger partial charge in [0.1, 0.15) is 0 Å². The molecule has 2 saturated heterocycles. The fraction of sp³-hybridized carbons (Fsp3) is 0.571. The average Bonchev–Trinajstić information content (AvgIpc) is 2.50. The predicted molar refractivity (Wildman–Crippen MR) is 102 cm³/mol. The van der Waals surface area contributed by atoms with Crippen molar-refractivity contribution in [1.82, 2.24) is 4.90 Å². The van der Waals surface area contributed by atoms with E-state index in [-0.39, 0.29) is 18.7 Å². The molecule has 1 N–H and O–H groups in total. The van der Waals surface area contributed by atoms with Gasteiger partial charge < -0.3 is 10.2 Å². The standard InChI is InChI=1S/C20H28N2O.CH4/c1-20(2,3)17-6-8-18(9-7-17)21-19(23)13-15-10-12-22-11-4-5-16(15)14-22;/h6-9,13,16H,4-5,10-12,14H2,1-3H3,(H,21,23);1H4. The minimum Gasteiger partial charge on any atom is -0.323 e. The lowest BCUT2D eigenvalue weighted by atomic mass is 9.84. The second kappa shape index (κ2) is 7.52. The van der Waals surface area contributed by atoms with Crippen molar-refractivity contribution in [2.24, 2.45) is 5.92 Å². The molecule has 0 saturated carbocycles. The summed E-state index contributed by atoms with van der Waals surface area (Å²) in [6.45, 7) is 10.1. The Morgan fingerprint density at radius 2 is 1.92 bits per heavy atom. The molecule has 0 spiro atoms. The van der Waals surface area contributed by atoms with Crippen molar-refractivity contribution in [2.75, 3.05) is 25.0 Å². The number of benzene rings is 1. The second-order valence-electron chi connectivity index (χ2n) is 7.93. The lowest BCUT2D eigenvalue weighted by Gasteiger charge is -2.39. The minimum absolute atomic E-state index is 0. The van der Waals surface area contributed by atoms with Crippen LogP contribution in [0.25, 0.3) is 0 Å². The van der Waals surface area contributed by atoms with E-state index in [9.17, 15) is 4.79 Å². The number of piperidine rings is 2. The highest BCUT2D eigenvalue weighted by atomic mass is 16.1. The molecule has 3 nitrogen and oxygen atoms in total. The number of nitrogens with zero attached hydrogens (tertiary/aromatic N) is 1. The first-order chi connectivity index (χ1) is 10.9. The van der Waals surface area contributed by atoms with Crippen molar-refractivity contribution >= 4 is 11.6 Å². The summed E-state index contributed by atoms with van der Waals surface area (Å²) in [4.78, 5) is 14.8. The number of carbonyl (C=O) groups excluding carboxylic acids is 1. The van der Waals surface area contributed by atoms with E-state index in [2.05, 4.69) is 43.1 Å². The highest BCUT2D eigenvalue weighted by Gasteiger charge is 2.27. The number of anilines is 1. The van der Waals surface area contributed by atoms with E-state index in [4.69, 9.17) is 0 Å². The molecule has 24 heavy (non-hydrogen) atoms. The summed E-state index contributed by atoms with van der Waals surface area (Å²) >= 11 is 0.